The molecule has 0 spiro atoms. The molecule has 2 atom stereocenters. The third-order valence-electron chi connectivity index (χ3n) is 5.55. The van der Waals surface area contributed by atoms with E-state index in [1.807, 2.05) is 31.2 Å². The van der Waals surface area contributed by atoms with Gasteiger partial charge in [-0.05, 0) is 37.0 Å². The lowest BCUT2D eigenvalue weighted by atomic mass is 9.93. The lowest BCUT2D eigenvalue weighted by Gasteiger charge is -2.43. The van der Waals surface area contributed by atoms with Gasteiger partial charge < -0.3 is 9.74 Å². The summed E-state index contributed by atoms with van der Waals surface area (Å²) < 4.78 is 6.54. The topological polar surface area (TPSA) is 55.4 Å². The number of aryl methyl sites for hydroxylation is 1. The molecule has 0 unspecified atom stereocenters. The minimum atomic E-state index is -1.96. The number of carbonyl (C=O) groups is 2. The van der Waals surface area contributed by atoms with Crippen molar-refractivity contribution in [3.8, 4) is 0 Å². The zero-order chi connectivity index (χ0) is 18.8. The van der Waals surface area contributed by atoms with E-state index in [4.69, 9.17) is 4.43 Å². The highest BCUT2D eigenvalue weighted by Gasteiger charge is 2.42. The van der Waals surface area contributed by atoms with E-state index in [0.29, 0.717) is 12.8 Å². The lowest BCUT2D eigenvalue weighted by molar-refractivity contribution is -0.125. The number of benzene rings is 1. The van der Waals surface area contributed by atoms with E-state index in [2.05, 4.69) is 39.2 Å². The van der Waals surface area contributed by atoms with E-state index >= 15 is 0 Å². The smallest absolute Gasteiger partial charge is 0.220 e. The molecule has 1 aromatic carbocycles. The van der Waals surface area contributed by atoms with Gasteiger partial charge in [0.05, 0.1) is 12.1 Å². The number of Topliss-reactive ketones (excluding diaryl/α,β-unsaturated/α-hetero) is 1. The van der Waals surface area contributed by atoms with Crippen LogP contribution in [0.4, 0.5) is 0 Å². The van der Waals surface area contributed by atoms with Gasteiger partial charge in [0, 0.05) is 18.4 Å². The molecule has 1 saturated heterocycles. The van der Waals surface area contributed by atoms with Crippen LogP contribution >= 0.6 is 0 Å². The summed E-state index contributed by atoms with van der Waals surface area (Å²) in [4.78, 5) is 24.7. The van der Waals surface area contributed by atoms with E-state index in [1.165, 1.54) is 0 Å². The summed E-state index contributed by atoms with van der Waals surface area (Å²) in [5.74, 6) is 0.0757. The Hall–Kier alpha value is -1.46. The molecule has 2 rings (SSSR count). The number of piperidine rings is 1. The summed E-state index contributed by atoms with van der Waals surface area (Å²) >= 11 is 0. The van der Waals surface area contributed by atoms with Gasteiger partial charge in [0.2, 0.25) is 5.91 Å². The molecule has 1 heterocycles. The number of carbonyl (C=O) groups excluding carboxylic acids is 2. The Morgan fingerprint density at radius 2 is 1.92 bits per heavy atom. The van der Waals surface area contributed by atoms with Crippen molar-refractivity contribution in [3.63, 3.8) is 0 Å². The molecule has 0 saturated carbocycles. The van der Waals surface area contributed by atoms with Crippen LogP contribution in [-0.2, 0) is 9.22 Å². The highest BCUT2D eigenvalue weighted by Crippen LogP contribution is 2.38. The van der Waals surface area contributed by atoms with Crippen molar-refractivity contribution in [2.75, 3.05) is 0 Å². The van der Waals surface area contributed by atoms with E-state index in [-0.39, 0.29) is 35.3 Å². The minimum Gasteiger partial charge on any atom is -0.412 e. The second-order valence-electron chi connectivity index (χ2n) is 8.57. The zero-order valence-corrected chi connectivity index (χ0v) is 17.3. The number of amides is 1. The van der Waals surface area contributed by atoms with Gasteiger partial charge in [-0.3, -0.25) is 9.59 Å². The summed E-state index contributed by atoms with van der Waals surface area (Å²) in [5, 5.41) is 3.09. The van der Waals surface area contributed by atoms with Crippen LogP contribution in [0.15, 0.2) is 24.3 Å². The summed E-state index contributed by atoms with van der Waals surface area (Å²) in [6.45, 7) is 13.0. The molecule has 0 radical (unpaired) electrons. The SMILES string of the molecule is Cc1ccccc1C(=O)C[C@@H]1NC(=O)CC[C@H]1O[Si](C)(C)C(C)(C)C. The normalized spacial score (nSPS) is 21.8. The van der Waals surface area contributed by atoms with E-state index in [9.17, 15) is 9.59 Å². The Labute approximate surface area is 152 Å². The van der Waals surface area contributed by atoms with Gasteiger partial charge in [-0.1, -0.05) is 45.0 Å². The van der Waals surface area contributed by atoms with Crippen LogP contribution < -0.4 is 5.32 Å². The van der Waals surface area contributed by atoms with Gasteiger partial charge in [0.25, 0.3) is 0 Å². The molecule has 4 nitrogen and oxygen atoms in total. The molecule has 1 aliphatic rings. The Kier molecular flexibility index (Phi) is 5.89. The van der Waals surface area contributed by atoms with Gasteiger partial charge in [0.15, 0.2) is 14.1 Å². The molecule has 0 aromatic heterocycles. The fourth-order valence-corrected chi connectivity index (χ4v) is 4.31. The number of nitrogens with one attached hydrogen (secondary N) is 1. The van der Waals surface area contributed by atoms with Crippen LogP contribution in [0.25, 0.3) is 0 Å². The van der Waals surface area contributed by atoms with Crippen molar-refractivity contribution in [1.29, 1.82) is 0 Å². The fraction of sp³-hybridized carbons (Fsp3) is 0.600. The predicted molar refractivity (Wildman–Crippen MR) is 103 cm³/mol. The molecule has 1 N–H and O–H groups in total. The van der Waals surface area contributed by atoms with E-state index < -0.39 is 8.32 Å². The maximum atomic E-state index is 12.8. The van der Waals surface area contributed by atoms with Crippen LogP contribution in [0.5, 0.6) is 0 Å². The van der Waals surface area contributed by atoms with Gasteiger partial charge in [-0.15, -0.1) is 0 Å². The molecule has 1 amide bonds. The molecule has 1 fully saturated rings. The van der Waals surface area contributed by atoms with Crippen molar-refractivity contribution >= 4 is 20.0 Å². The maximum absolute atomic E-state index is 12.8. The Morgan fingerprint density at radius 1 is 1.28 bits per heavy atom. The average Bonchev–Trinajstić information content (AvgIpc) is 2.49. The molecule has 0 bridgehead atoms. The Bertz CT molecular complexity index is 649. The van der Waals surface area contributed by atoms with Crippen molar-refractivity contribution < 1.29 is 14.0 Å². The second-order valence-corrected chi connectivity index (χ2v) is 13.3. The van der Waals surface area contributed by atoms with Crippen LogP contribution in [0.3, 0.4) is 0 Å². The largest absolute Gasteiger partial charge is 0.412 e. The first-order valence-corrected chi connectivity index (χ1v) is 12.0. The monoisotopic (exact) mass is 361 g/mol. The predicted octanol–water partition coefficient (Wildman–Crippen LogP) is 4.24. The fourth-order valence-electron chi connectivity index (χ4n) is 2.92. The van der Waals surface area contributed by atoms with Crippen LogP contribution in [0.2, 0.25) is 18.1 Å². The summed E-state index contributed by atoms with van der Waals surface area (Å²) in [6, 6.07) is 7.35. The molecule has 1 aromatic rings. The molecule has 1 aliphatic heterocycles. The highest BCUT2D eigenvalue weighted by atomic mass is 28.4. The number of rotatable bonds is 5. The number of ketones is 1. The van der Waals surface area contributed by atoms with Crippen molar-refractivity contribution in [1.82, 2.24) is 5.32 Å². The first-order chi connectivity index (χ1) is 11.5. The maximum Gasteiger partial charge on any atom is 0.220 e. The summed E-state index contributed by atoms with van der Waals surface area (Å²) in [7, 11) is -1.96. The quantitative estimate of drug-likeness (QED) is 0.630. The Morgan fingerprint density at radius 3 is 2.52 bits per heavy atom. The standard InChI is InChI=1S/C20H31NO3Si/c1-14-9-7-8-10-15(14)17(22)13-16-18(11-12-19(23)21-16)24-25(5,6)20(2,3)4/h7-10,16,18H,11-13H2,1-6H3,(H,21,23)/t16-,18+/m0/s1. The number of hydrogen-bond donors (Lipinski definition) is 1. The molecule has 25 heavy (non-hydrogen) atoms. The van der Waals surface area contributed by atoms with E-state index in [1.54, 1.807) is 0 Å². The van der Waals surface area contributed by atoms with E-state index in [0.717, 1.165) is 11.1 Å². The second kappa shape index (κ2) is 7.42. The summed E-state index contributed by atoms with van der Waals surface area (Å²) in [6.07, 6.45) is 1.35. The first kappa shape index (κ1) is 19.9. The highest BCUT2D eigenvalue weighted by molar-refractivity contribution is 6.74. The molecule has 138 valence electrons. The first-order valence-electron chi connectivity index (χ1n) is 9.07. The van der Waals surface area contributed by atoms with Gasteiger partial charge in [0.1, 0.15) is 0 Å². The number of hydrogen-bond acceptors (Lipinski definition) is 3. The van der Waals surface area contributed by atoms with Crippen molar-refractivity contribution in [3.05, 3.63) is 35.4 Å². The third kappa shape index (κ3) is 4.79. The molecular formula is C20H31NO3Si. The van der Waals surface area contributed by atoms with Crippen LogP contribution in [0, 0.1) is 6.92 Å². The van der Waals surface area contributed by atoms with Gasteiger partial charge >= 0.3 is 0 Å². The molecule has 5 heteroatoms. The summed E-state index contributed by atoms with van der Waals surface area (Å²) in [5.41, 5.74) is 1.70. The zero-order valence-electron chi connectivity index (χ0n) is 16.3. The lowest BCUT2D eigenvalue weighted by Crippen LogP contribution is -2.55. The van der Waals surface area contributed by atoms with Crippen molar-refractivity contribution in [2.45, 2.75) is 77.2 Å². The molecular weight excluding hydrogens is 330 g/mol. The van der Waals surface area contributed by atoms with Gasteiger partial charge in [-0.25, -0.2) is 0 Å². The minimum absolute atomic E-state index is 0.0117. The van der Waals surface area contributed by atoms with Crippen LogP contribution in [-0.4, -0.2) is 32.2 Å². The average molecular weight is 362 g/mol. The van der Waals surface area contributed by atoms with Crippen LogP contribution in [0.1, 0.15) is 56.0 Å². The van der Waals surface area contributed by atoms with Gasteiger partial charge in [-0.2, -0.15) is 0 Å². The third-order valence-corrected chi connectivity index (χ3v) is 10.1. The molecule has 0 aliphatic carbocycles. The van der Waals surface area contributed by atoms with Crippen molar-refractivity contribution in [2.24, 2.45) is 0 Å². The Balaban J connectivity index is 2.16.